The standard InChI is InChI=1S/C24H19ClF3N3O3S.ClH/c1-15-21(16-5-3-2-4-6-16)22(17-7-11-19(25)12-8-17)29-31(15)23(32)30-35(33,34)20-13-9-18(10-14-20)24(26,27)28;/h2-15,21H,1H3,(H,30,32);1H. The van der Waals surface area contributed by atoms with Crippen molar-refractivity contribution in [3.05, 3.63) is 101 Å². The SMILES string of the molecule is CC1C(c2ccccc2)C(c2ccc(Cl)cc2)=NN1C(=O)NS(=O)(=O)c1ccc(C(F)(F)F)cc1.Cl. The topological polar surface area (TPSA) is 78.8 Å². The lowest BCUT2D eigenvalue weighted by Crippen LogP contribution is -2.43. The van der Waals surface area contributed by atoms with E-state index in [-0.39, 0.29) is 18.3 Å². The number of nitrogens with zero attached hydrogens (tertiary/aromatic N) is 2. The van der Waals surface area contributed by atoms with Crippen LogP contribution in [0.15, 0.2) is 88.9 Å². The van der Waals surface area contributed by atoms with E-state index in [2.05, 4.69) is 5.10 Å². The Hall–Kier alpha value is -3.08. The largest absolute Gasteiger partial charge is 0.416 e. The summed E-state index contributed by atoms with van der Waals surface area (Å²) >= 11 is 6.00. The second-order valence-electron chi connectivity index (χ2n) is 7.90. The van der Waals surface area contributed by atoms with Crippen molar-refractivity contribution >= 4 is 45.8 Å². The van der Waals surface area contributed by atoms with Crippen LogP contribution in [0.3, 0.4) is 0 Å². The van der Waals surface area contributed by atoms with Gasteiger partial charge in [-0.05, 0) is 54.4 Å². The van der Waals surface area contributed by atoms with Gasteiger partial charge in [-0.1, -0.05) is 54.1 Å². The Morgan fingerprint density at radius 3 is 2.11 bits per heavy atom. The summed E-state index contributed by atoms with van der Waals surface area (Å²) in [5, 5.41) is 5.99. The van der Waals surface area contributed by atoms with Crippen LogP contribution in [0.5, 0.6) is 0 Å². The van der Waals surface area contributed by atoms with Crippen LogP contribution in [0, 0.1) is 0 Å². The lowest BCUT2D eigenvalue weighted by molar-refractivity contribution is -0.137. The van der Waals surface area contributed by atoms with E-state index < -0.39 is 38.7 Å². The molecule has 0 spiro atoms. The van der Waals surface area contributed by atoms with E-state index in [0.29, 0.717) is 28.4 Å². The molecule has 4 rings (SSSR count). The maximum absolute atomic E-state index is 13.0. The third-order valence-corrected chi connectivity index (χ3v) is 7.19. The van der Waals surface area contributed by atoms with Crippen molar-refractivity contribution < 1.29 is 26.4 Å². The summed E-state index contributed by atoms with van der Waals surface area (Å²) in [7, 11) is -4.45. The smallest absolute Gasteiger partial charge is 0.246 e. The van der Waals surface area contributed by atoms with Crippen molar-refractivity contribution in [2.24, 2.45) is 5.10 Å². The fourth-order valence-corrected chi connectivity index (χ4v) is 4.93. The number of benzene rings is 3. The van der Waals surface area contributed by atoms with Gasteiger partial charge in [0.25, 0.3) is 10.0 Å². The highest BCUT2D eigenvalue weighted by molar-refractivity contribution is 7.90. The van der Waals surface area contributed by atoms with Gasteiger partial charge in [0.1, 0.15) is 0 Å². The Balaban J connectivity index is 0.00000361. The molecule has 0 saturated carbocycles. The highest BCUT2D eigenvalue weighted by Gasteiger charge is 2.40. The van der Waals surface area contributed by atoms with Crippen LogP contribution in [0.25, 0.3) is 0 Å². The van der Waals surface area contributed by atoms with E-state index >= 15 is 0 Å². The first kappa shape index (κ1) is 27.5. The Morgan fingerprint density at radius 2 is 1.56 bits per heavy atom. The van der Waals surface area contributed by atoms with Gasteiger partial charge in [-0.25, -0.2) is 22.9 Å². The molecule has 0 radical (unpaired) electrons. The molecule has 0 aliphatic carbocycles. The molecule has 2 amide bonds. The summed E-state index contributed by atoms with van der Waals surface area (Å²) in [5.41, 5.74) is 1.12. The predicted octanol–water partition coefficient (Wildman–Crippen LogP) is 6.07. The fraction of sp³-hybridized carbons (Fsp3) is 0.167. The molecule has 6 nitrogen and oxygen atoms in total. The van der Waals surface area contributed by atoms with Crippen LogP contribution < -0.4 is 4.72 Å². The number of hydrazone groups is 1. The van der Waals surface area contributed by atoms with Gasteiger partial charge in [0.05, 0.1) is 28.1 Å². The third kappa shape index (κ3) is 5.66. The Bertz CT molecular complexity index is 1370. The average Bonchev–Trinajstić information content (AvgIpc) is 3.16. The number of urea groups is 1. The maximum atomic E-state index is 13.0. The molecule has 190 valence electrons. The monoisotopic (exact) mass is 557 g/mol. The van der Waals surface area contributed by atoms with E-state index in [4.69, 9.17) is 11.6 Å². The number of nitrogens with one attached hydrogen (secondary N) is 1. The summed E-state index contributed by atoms with van der Waals surface area (Å²) in [5.74, 6) is -0.364. The van der Waals surface area contributed by atoms with Gasteiger partial charge in [-0.15, -0.1) is 12.4 Å². The van der Waals surface area contributed by atoms with Gasteiger partial charge in [-0.3, -0.25) is 0 Å². The molecule has 12 heteroatoms. The van der Waals surface area contributed by atoms with E-state index in [0.717, 1.165) is 22.7 Å². The summed E-state index contributed by atoms with van der Waals surface area (Å²) < 4.78 is 65.7. The van der Waals surface area contributed by atoms with E-state index in [1.165, 1.54) is 0 Å². The third-order valence-electron chi connectivity index (χ3n) is 5.60. The van der Waals surface area contributed by atoms with Crippen molar-refractivity contribution in [3.63, 3.8) is 0 Å². The molecule has 1 heterocycles. The summed E-state index contributed by atoms with van der Waals surface area (Å²) in [6.07, 6.45) is -4.62. The second-order valence-corrected chi connectivity index (χ2v) is 10.0. The molecule has 1 aliphatic heterocycles. The van der Waals surface area contributed by atoms with Crippen molar-refractivity contribution in [1.29, 1.82) is 0 Å². The van der Waals surface area contributed by atoms with Gasteiger partial charge >= 0.3 is 12.2 Å². The van der Waals surface area contributed by atoms with Gasteiger partial charge < -0.3 is 0 Å². The van der Waals surface area contributed by atoms with E-state index in [1.54, 1.807) is 31.2 Å². The molecular formula is C24H20Cl2F3N3O3S. The van der Waals surface area contributed by atoms with Crippen molar-refractivity contribution in [2.75, 3.05) is 0 Å². The van der Waals surface area contributed by atoms with Crippen LogP contribution in [-0.4, -0.2) is 31.2 Å². The molecule has 1 aliphatic rings. The molecule has 1 N–H and O–H groups in total. The number of halogens is 5. The lowest BCUT2D eigenvalue weighted by Gasteiger charge is -2.23. The van der Waals surface area contributed by atoms with Crippen LogP contribution in [0.4, 0.5) is 18.0 Å². The highest BCUT2D eigenvalue weighted by atomic mass is 35.5. The maximum Gasteiger partial charge on any atom is 0.416 e. The minimum atomic E-state index is -4.62. The number of sulfonamides is 1. The first-order chi connectivity index (χ1) is 16.5. The number of carbonyl (C=O) groups excluding carboxylic acids is 1. The number of carbonyl (C=O) groups is 1. The number of rotatable bonds is 4. The lowest BCUT2D eigenvalue weighted by atomic mass is 9.86. The van der Waals surface area contributed by atoms with Crippen molar-refractivity contribution in [2.45, 2.75) is 30.0 Å². The Labute approximate surface area is 217 Å². The Kier molecular flexibility index (Phi) is 8.02. The van der Waals surface area contributed by atoms with Crippen LogP contribution in [0.2, 0.25) is 5.02 Å². The number of alkyl halides is 3. The number of amides is 2. The average molecular weight is 558 g/mol. The molecule has 0 fully saturated rings. The zero-order chi connectivity index (χ0) is 25.4. The van der Waals surface area contributed by atoms with Crippen LogP contribution in [-0.2, 0) is 16.2 Å². The van der Waals surface area contributed by atoms with Gasteiger partial charge in [0.15, 0.2) is 0 Å². The molecular weight excluding hydrogens is 538 g/mol. The van der Waals surface area contributed by atoms with E-state index in [1.807, 2.05) is 35.1 Å². The minimum absolute atomic E-state index is 0. The first-order valence-corrected chi connectivity index (χ1v) is 12.3. The number of hydrogen-bond donors (Lipinski definition) is 1. The summed E-state index contributed by atoms with van der Waals surface area (Å²) in [4.78, 5) is 12.5. The highest BCUT2D eigenvalue weighted by Crippen LogP contribution is 2.35. The fourth-order valence-electron chi connectivity index (χ4n) is 3.87. The molecule has 3 aromatic rings. The van der Waals surface area contributed by atoms with Gasteiger partial charge in [-0.2, -0.15) is 18.3 Å². The Morgan fingerprint density at radius 1 is 0.972 bits per heavy atom. The van der Waals surface area contributed by atoms with Crippen LogP contribution in [0.1, 0.15) is 29.5 Å². The molecule has 2 atom stereocenters. The zero-order valence-corrected chi connectivity index (χ0v) is 21.0. The predicted molar refractivity (Wildman–Crippen MR) is 133 cm³/mol. The molecule has 36 heavy (non-hydrogen) atoms. The quantitative estimate of drug-likeness (QED) is 0.422. The molecule has 0 bridgehead atoms. The molecule has 2 unspecified atom stereocenters. The van der Waals surface area contributed by atoms with Gasteiger partial charge in [0.2, 0.25) is 0 Å². The summed E-state index contributed by atoms with van der Waals surface area (Å²) in [6, 6.07) is 17.5. The molecule has 0 aromatic heterocycles. The first-order valence-electron chi connectivity index (χ1n) is 10.4. The van der Waals surface area contributed by atoms with Crippen molar-refractivity contribution in [1.82, 2.24) is 9.73 Å². The normalized spacial score (nSPS) is 17.8. The number of hydrogen-bond acceptors (Lipinski definition) is 4. The van der Waals surface area contributed by atoms with E-state index in [9.17, 15) is 26.4 Å². The van der Waals surface area contributed by atoms with Crippen molar-refractivity contribution in [3.8, 4) is 0 Å². The van der Waals surface area contributed by atoms with Crippen LogP contribution >= 0.6 is 24.0 Å². The second kappa shape index (κ2) is 10.5. The van der Waals surface area contributed by atoms with Gasteiger partial charge in [0, 0.05) is 5.02 Å². The molecule has 0 saturated heterocycles. The minimum Gasteiger partial charge on any atom is -0.246 e. The summed E-state index contributed by atoms with van der Waals surface area (Å²) in [6.45, 7) is 1.73. The zero-order valence-electron chi connectivity index (χ0n) is 18.6. The molecule has 3 aromatic carbocycles.